The molecule has 0 aliphatic carbocycles. The van der Waals surface area contributed by atoms with E-state index in [0.29, 0.717) is 11.6 Å². The van der Waals surface area contributed by atoms with Crippen molar-refractivity contribution in [2.75, 3.05) is 22.5 Å². The maximum Gasteiger partial charge on any atom is 0.245 e. The van der Waals surface area contributed by atoms with Crippen molar-refractivity contribution < 1.29 is 9.59 Å². The number of aromatic nitrogens is 2. The predicted octanol–water partition coefficient (Wildman–Crippen LogP) is 3.26. The molecular weight excluding hydrogens is 360 g/mol. The number of anilines is 2. The van der Waals surface area contributed by atoms with Crippen molar-refractivity contribution in [1.29, 1.82) is 0 Å². The lowest BCUT2D eigenvalue weighted by atomic mass is 10.2. The first-order valence-corrected chi connectivity index (χ1v) is 9.54. The minimum atomic E-state index is -0.264. The molecule has 7 heteroatoms. The van der Waals surface area contributed by atoms with Gasteiger partial charge in [0, 0.05) is 11.0 Å². The van der Waals surface area contributed by atoms with Gasteiger partial charge in [0.25, 0.3) is 0 Å². The highest BCUT2D eigenvalue weighted by atomic mass is 32.2. The van der Waals surface area contributed by atoms with Crippen LogP contribution in [0.2, 0.25) is 0 Å². The highest BCUT2D eigenvalue weighted by molar-refractivity contribution is 8.00. The molecule has 4 rings (SSSR count). The lowest BCUT2D eigenvalue weighted by molar-refractivity contribution is -0.120. The van der Waals surface area contributed by atoms with Gasteiger partial charge in [-0.05, 0) is 30.7 Å². The van der Waals surface area contributed by atoms with Crippen molar-refractivity contribution >= 4 is 35.1 Å². The molecule has 0 radical (unpaired) electrons. The van der Waals surface area contributed by atoms with Crippen LogP contribution in [0.15, 0.2) is 65.7 Å². The van der Waals surface area contributed by atoms with Gasteiger partial charge in [-0.25, -0.2) is 4.68 Å². The maximum atomic E-state index is 12.6. The molecule has 0 spiro atoms. The number of amides is 2. The molecule has 27 heavy (non-hydrogen) atoms. The fraction of sp³-hybridized carbons (Fsp3) is 0.150. The van der Waals surface area contributed by atoms with E-state index < -0.39 is 0 Å². The van der Waals surface area contributed by atoms with E-state index in [4.69, 9.17) is 0 Å². The lowest BCUT2D eigenvalue weighted by Gasteiger charge is -2.28. The number of aryl methyl sites for hydroxylation is 1. The Morgan fingerprint density at radius 3 is 2.67 bits per heavy atom. The van der Waals surface area contributed by atoms with Crippen LogP contribution in [0.1, 0.15) is 5.56 Å². The Morgan fingerprint density at radius 2 is 1.85 bits per heavy atom. The third-order valence-electron chi connectivity index (χ3n) is 4.36. The molecule has 2 amide bonds. The molecule has 1 aliphatic heterocycles. The molecular formula is C20H18N4O2S. The van der Waals surface area contributed by atoms with Crippen LogP contribution in [-0.2, 0) is 9.59 Å². The molecule has 6 nitrogen and oxygen atoms in total. The smallest absolute Gasteiger partial charge is 0.245 e. The van der Waals surface area contributed by atoms with Crippen LogP contribution in [0.4, 0.5) is 11.5 Å². The van der Waals surface area contributed by atoms with Crippen molar-refractivity contribution in [2.24, 2.45) is 0 Å². The summed E-state index contributed by atoms with van der Waals surface area (Å²) in [5, 5.41) is 7.19. The number of nitrogens with zero attached hydrogens (tertiary/aromatic N) is 3. The minimum Gasteiger partial charge on any atom is -0.309 e. The predicted molar refractivity (Wildman–Crippen MR) is 106 cm³/mol. The highest BCUT2D eigenvalue weighted by Gasteiger charge is 2.26. The average molecular weight is 378 g/mol. The van der Waals surface area contributed by atoms with Crippen molar-refractivity contribution in [2.45, 2.75) is 11.8 Å². The normalized spacial score (nSPS) is 13.4. The Labute approximate surface area is 161 Å². The van der Waals surface area contributed by atoms with Gasteiger partial charge in [0.1, 0.15) is 12.4 Å². The Balaban J connectivity index is 1.54. The molecule has 2 heterocycles. The summed E-state index contributed by atoms with van der Waals surface area (Å²) < 4.78 is 1.69. The van der Waals surface area contributed by atoms with Gasteiger partial charge in [-0.3, -0.25) is 9.59 Å². The Bertz CT molecular complexity index is 1010. The van der Waals surface area contributed by atoms with Crippen LogP contribution in [0, 0.1) is 6.92 Å². The van der Waals surface area contributed by atoms with E-state index in [-0.39, 0.29) is 18.4 Å². The summed E-state index contributed by atoms with van der Waals surface area (Å²) in [7, 11) is 0. The molecule has 0 atom stereocenters. The quantitative estimate of drug-likeness (QED) is 0.757. The standard InChI is InChI=1S/C20H18N4O2S/c1-14-6-2-3-7-15(14)24-18(10-11-21-24)22-19(25)12-23-16-8-4-5-9-17(16)27-13-20(23)26/h2-11H,12-13H2,1H3,(H,22,25). The number of carbonyl (C=O) groups is 2. The third kappa shape index (κ3) is 3.46. The SMILES string of the molecule is Cc1ccccc1-n1nccc1NC(=O)CN1C(=O)CSc2ccccc21. The molecule has 3 aromatic rings. The van der Waals surface area contributed by atoms with Gasteiger partial charge in [-0.15, -0.1) is 11.8 Å². The fourth-order valence-electron chi connectivity index (χ4n) is 3.04. The summed E-state index contributed by atoms with van der Waals surface area (Å²) >= 11 is 1.50. The Kier molecular flexibility index (Phi) is 4.68. The van der Waals surface area contributed by atoms with Gasteiger partial charge < -0.3 is 10.2 Å². The number of carbonyl (C=O) groups excluding carboxylic acids is 2. The zero-order valence-electron chi connectivity index (χ0n) is 14.8. The van der Waals surface area contributed by atoms with E-state index in [0.717, 1.165) is 21.8 Å². The van der Waals surface area contributed by atoms with E-state index in [1.54, 1.807) is 16.9 Å². The fourth-order valence-corrected chi connectivity index (χ4v) is 3.98. The second-order valence-corrected chi connectivity index (χ2v) is 7.22. The zero-order chi connectivity index (χ0) is 18.8. The number of thioether (sulfide) groups is 1. The number of hydrogen-bond acceptors (Lipinski definition) is 4. The van der Waals surface area contributed by atoms with Crippen LogP contribution in [0.3, 0.4) is 0 Å². The van der Waals surface area contributed by atoms with Gasteiger partial charge in [0.05, 0.1) is 23.3 Å². The van der Waals surface area contributed by atoms with Gasteiger partial charge in [0.2, 0.25) is 11.8 Å². The molecule has 1 aliphatic rings. The lowest BCUT2D eigenvalue weighted by Crippen LogP contribution is -2.41. The van der Waals surface area contributed by atoms with Crippen LogP contribution in [0.25, 0.3) is 5.69 Å². The van der Waals surface area contributed by atoms with E-state index in [9.17, 15) is 9.59 Å². The molecule has 0 saturated heterocycles. The van der Waals surface area contributed by atoms with Crippen LogP contribution >= 0.6 is 11.8 Å². The summed E-state index contributed by atoms with van der Waals surface area (Å²) in [4.78, 5) is 27.5. The first kappa shape index (κ1) is 17.4. The summed E-state index contributed by atoms with van der Waals surface area (Å²) in [6.07, 6.45) is 1.64. The van der Waals surface area contributed by atoms with E-state index >= 15 is 0 Å². The van der Waals surface area contributed by atoms with Crippen molar-refractivity contribution in [3.8, 4) is 5.69 Å². The van der Waals surface area contributed by atoms with Crippen molar-refractivity contribution in [1.82, 2.24) is 9.78 Å². The molecule has 0 fully saturated rings. The van der Waals surface area contributed by atoms with Gasteiger partial charge in [0.15, 0.2) is 0 Å². The second-order valence-electron chi connectivity index (χ2n) is 6.20. The highest BCUT2D eigenvalue weighted by Crippen LogP contribution is 2.34. The number of para-hydroxylation sites is 2. The molecule has 0 bridgehead atoms. The summed E-state index contributed by atoms with van der Waals surface area (Å²) in [6.45, 7) is 1.96. The van der Waals surface area contributed by atoms with Crippen molar-refractivity contribution in [3.05, 3.63) is 66.4 Å². The summed E-state index contributed by atoms with van der Waals surface area (Å²) in [6, 6.07) is 17.2. The van der Waals surface area contributed by atoms with E-state index in [1.165, 1.54) is 16.7 Å². The first-order chi connectivity index (χ1) is 13.1. The van der Waals surface area contributed by atoms with Crippen molar-refractivity contribution in [3.63, 3.8) is 0 Å². The van der Waals surface area contributed by atoms with Crippen LogP contribution in [-0.4, -0.2) is 33.9 Å². The summed E-state index contributed by atoms with van der Waals surface area (Å²) in [5.74, 6) is 0.578. The second kappa shape index (κ2) is 7.28. The van der Waals surface area contributed by atoms with Gasteiger partial charge in [-0.1, -0.05) is 30.3 Å². The summed E-state index contributed by atoms with van der Waals surface area (Å²) in [5.41, 5.74) is 2.73. The number of benzene rings is 2. The topological polar surface area (TPSA) is 67.2 Å². The maximum absolute atomic E-state index is 12.6. The van der Waals surface area contributed by atoms with Gasteiger partial charge in [-0.2, -0.15) is 5.10 Å². The monoisotopic (exact) mass is 378 g/mol. The number of hydrogen-bond donors (Lipinski definition) is 1. The van der Waals surface area contributed by atoms with E-state index in [2.05, 4.69) is 10.4 Å². The molecule has 1 N–H and O–H groups in total. The zero-order valence-corrected chi connectivity index (χ0v) is 15.6. The number of fused-ring (bicyclic) bond motifs is 1. The molecule has 2 aromatic carbocycles. The molecule has 0 saturated carbocycles. The third-order valence-corrected chi connectivity index (χ3v) is 5.41. The molecule has 136 valence electrons. The van der Waals surface area contributed by atoms with Crippen LogP contribution < -0.4 is 10.2 Å². The van der Waals surface area contributed by atoms with Crippen LogP contribution in [0.5, 0.6) is 0 Å². The first-order valence-electron chi connectivity index (χ1n) is 8.55. The largest absolute Gasteiger partial charge is 0.309 e. The van der Waals surface area contributed by atoms with E-state index in [1.807, 2.05) is 55.5 Å². The number of rotatable bonds is 4. The average Bonchev–Trinajstić information content (AvgIpc) is 3.12. The minimum absolute atomic E-state index is 0.0324. The van der Waals surface area contributed by atoms with Gasteiger partial charge >= 0.3 is 0 Å². The number of nitrogens with one attached hydrogen (secondary N) is 1. The molecule has 1 aromatic heterocycles. The Hall–Kier alpha value is -3.06. The molecule has 0 unspecified atom stereocenters. The Morgan fingerprint density at radius 1 is 1.11 bits per heavy atom.